The van der Waals surface area contributed by atoms with Crippen molar-refractivity contribution in [1.29, 1.82) is 0 Å². The van der Waals surface area contributed by atoms with E-state index in [-0.39, 0.29) is 41.9 Å². The highest BCUT2D eigenvalue weighted by Crippen LogP contribution is 2.25. The van der Waals surface area contributed by atoms with E-state index in [4.69, 9.17) is 4.74 Å². The fourth-order valence-corrected chi connectivity index (χ4v) is 4.45. The van der Waals surface area contributed by atoms with E-state index < -0.39 is 30.2 Å². The van der Waals surface area contributed by atoms with Gasteiger partial charge in [0, 0.05) is 41.2 Å². The lowest BCUT2D eigenvalue weighted by Crippen LogP contribution is -2.42. The van der Waals surface area contributed by atoms with Crippen molar-refractivity contribution in [1.82, 2.24) is 14.8 Å². The Balaban J connectivity index is 1.44. The van der Waals surface area contributed by atoms with Crippen LogP contribution in [-0.2, 0) is 22.6 Å². The summed E-state index contributed by atoms with van der Waals surface area (Å²) >= 11 is 3.08. The molecule has 1 saturated heterocycles. The highest BCUT2D eigenvalue weighted by atomic mass is 79.9. The molecule has 1 aromatic heterocycles. The summed E-state index contributed by atoms with van der Waals surface area (Å²) in [5.74, 6) is -1.09. The molecule has 34 heavy (non-hydrogen) atoms. The Bertz CT molecular complexity index is 1260. The van der Waals surface area contributed by atoms with Crippen LogP contribution in [0.2, 0.25) is 0 Å². The van der Waals surface area contributed by atoms with E-state index in [2.05, 4.69) is 21.2 Å². The third-order valence-corrected chi connectivity index (χ3v) is 6.30. The molecule has 0 saturated carbocycles. The molecule has 0 unspecified atom stereocenters. The summed E-state index contributed by atoms with van der Waals surface area (Å²) in [5.41, 5.74) is 1.43. The highest BCUT2D eigenvalue weighted by molar-refractivity contribution is 9.10. The molecule has 178 valence electrons. The van der Waals surface area contributed by atoms with E-state index in [9.17, 15) is 23.2 Å². The summed E-state index contributed by atoms with van der Waals surface area (Å²) in [4.78, 5) is 38.5. The molecule has 1 N–H and O–H groups in total. The maximum Gasteiger partial charge on any atom is 0.409 e. The molecule has 4 rings (SSSR count). The van der Waals surface area contributed by atoms with Crippen molar-refractivity contribution in [2.75, 3.05) is 6.54 Å². The van der Waals surface area contributed by atoms with Crippen LogP contribution in [0.3, 0.4) is 0 Å². The smallest absolute Gasteiger partial charge is 0.409 e. The Kier molecular flexibility index (Phi) is 6.97. The number of likely N-dealkylation sites (tertiary alicyclic amines) is 1. The van der Waals surface area contributed by atoms with E-state index in [1.54, 1.807) is 41.1 Å². The number of nitrogens with one attached hydrogen (secondary N) is 1. The number of ether oxygens (including phenoxy) is 1. The average Bonchev–Trinajstić information content (AvgIpc) is 3.35. The molecule has 1 aliphatic rings. The lowest BCUT2D eigenvalue weighted by atomic mass is 10.1. The van der Waals surface area contributed by atoms with Crippen molar-refractivity contribution in [3.63, 3.8) is 0 Å². The molecule has 1 aliphatic heterocycles. The fourth-order valence-electron chi connectivity index (χ4n) is 4.04. The summed E-state index contributed by atoms with van der Waals surface area (Å²) in [6.45, 7) is 0.957. The Morgan fingerprint density at radius 2 is 1.94 bits per heavy atom. The van der Waals surface area contributed by atoms with Crippen LogP contribution in [0.25, 0.3) is 10.9 Å². The second kappa shape index (κ2) is 9.92. The molecular formula is C24H22BrF2N3O4. The van der Waals surface area contributed by atoms with Crippen molar-refractivity contribution in [3.8, 4) is 0 Å². The Morgan fingerprint density at radius 1 is 1.18 bits per heavy atom. The second-order valence-electron chi connectivity index (χ2n) is 8.05. The van der Waals surface area contributed by atoms with Crippen molar-refractivity contribution >= 4 is 44.6 Å². The number of alkyl carbamates (subject to hydrolysis) is 1. The number of halogens is 3. The van der Waals surface area contributed by atoms with E-state index in [1.807, 2.05) is 0 Å². The molecule has 2 heterocycles. The molecule has 2 atom stereocenters. The Labute approximate surface area is 202 Å². The molecule has 0 bridgehead atoms. The van der Waals surface area contributed by atoms with Crippen LogP contribution in [-0.4, -0.2) is 46.2 Å². The zero-order chi connectivity index (χ0) is 24.4. The summed E-state index contributed by atoms with van der Waals surface area (Å²) in [5, 5.41) is 3.15. The van der Waals surface area contributed by atoms with Crippen LogP contribution in [0.1, 0.15) is 29.3 Å². The van der Waals surface area contributed by atoms with Gasteiger partial charge >= 0.3 is 6.09 Å². The number of amides is 2. The van der Waals surface area contributed by atoms with Crippen molar-refractivity contribution in [2.45, 2.75) is 38.8 Å². The van der Waals surface area contributed by atoms with Crippen LogP contribution in [0, 0.1) is 5.82 Å². The first-order valence-electron chi connectivity index (χ1n) is 10.6. The summed E-state index contributed by atoms with van der Waals surface area (Å²) in [7, 11) is 0. The van der Waals surface area contributed by atoms with Crippen molar-refractivity contribution in [3.05, 3.63) is 70.1 Å². The van der Waals surface area contributed by atoms with Gasteiger partial charge in [-0.2, -0.15) is 0 Å². The minimum absolute atomic E-state index is 0.132. The van der Waals surface area contributed by atoms with Crippen LogP contribution in [0.15, 0.2) is 53.1 Å². The van der Waals surface area contributed by atoms with Crippen molar-refractivity contribution < 1.29 is 27.9 Å². The quantitative estimate of drug-likeness (QED) is 0.470. The number of fused-ring (bicyclic) bond motifs is 1. The number of hydrogen-bond acceptors (Lipinski definition) is 4. The van der Waals surface area contributed by atoms with Gasteiger partial charge in [-0.05, 0) is 35.0 Å². The number of ketones is 1. The molecule has 3 aromatic rings. The van der Waals surface area contributed by atoms with Crippen LogP contribution < -0.4 is 5.32 Å². The van der Waals surface area contributed by atoms with Gasteiger partial charge in [0.05, 0.1) is 11.0 Å². The SMILES string of the molecule is CC(=O)c1cn(CC(=O)N2C[C@H](F)C[C@@H]2OC(=O)NCc2cccc(Br)c2F)c2ccccc12. The lowest BCUT2D eigenvalue weighted by molar-refractivity contribution is -0.138. The van der Waals surface area contributed by atoms with Gasteiger partial charge in [-0.25, -0.2) is 13.6 Å². The van der Waals surface area contributed by atoms with Gasteiger partial charge in [-0.1, -0.05) is 30.3 Å². The molecule has 2 aromatic carbocycles. The second-order valence-corrected chi connectivity index (χ2v) is 8.90. The number of alkyl halides is 1. The third kappa shape index (κ3) is 4.96. The molecule has 0 aliphatic carbocycles. The van der Waals surface area contributed by atoms with Gasteiger partial charge in [-0.15, -0.1) is 0 Å². The van der Waals surface area contributed by atoms with Gasteiger partial charge in [0.2, 0.25) is 5.91 Å². The number of nitrogens with zero attached hydrogens (tertiary/aromatic N) is 2. The minimum Gasteiger partial charge on any atom is -0.425 e. The number of Topliss-reactive ketones (excluding diaryl/α,β-unsaturated/α-hetero) is 1. The van der Waals surface area contributed by atoms with Crippen molar-refractivity contribution in [2.24, 2.45) is 0 Å². The number of hydrogen-bond donors (Lipinski definition) is 1. The highest BCUT2D eigenvalue weighted by Gasteiger charge is 2.38. The standard InChI is InChI=1S/C24H22BrF2N3O4/c1-14(31)18-12-29(20-8-3-2-6-17(18)20)13-21(32)30-11-16(26)9-22(30)34-24(33)28-10-15-5-4-7-19(25)23(15)27/h2-8,12,16,22H,9-11,13H2,1H3,(H,28,33)/t16-,22+/m1/s1. The first-order chi connectivity index (χ1) is 16.2. The Hall–Kier alpha value is -3.27. The summed E-state index contributed by atoms with van der Waals surface area (Å²) in [6, 6.07) is 11.9. The van der Waals surface area contributed by atoms with E-state index in [0.717, 1.165) is 5.39 Å². The topological polar surface area (TPSA) is 80.6 Å². The zero-order valence-electron chi connectivity index (χ0n) is 18.3. The molecule has 10 heteroatoms. The van der Waals surface area contributed by atoms with E-state index >= 15 is 0 Å². The normalized spacial score (nSPS) is 17.7. The number of rotatable bonds is 6. The largest absolute Gasteiger partial charge is 0.425 e. The molecule has 0 spiro atoms. The summed E-state index contributed by atoms with van der Waals surface area (Å²) in [6.07, 6.45) is -1.89. The van der Waals surface area contributed by atoms with E-state index in [0.29, 0.717) is 11.1 Å². The molecule has 2 amide bonds. The van der Waals surface area contributed by atoms with Gasteiger partial charge in [0.15, 0.2) is 12.0 Å². The van der Waals surface area contributed by atoms with Crippen LogP contribution in [0.5, 0.6) is 0 Å². The van der Waals surface area contributed by atoms with Gasteiger partial charge < -0.3 is 19.5 Å². The average molecular weight is 534 g/mol. The maximum atomic E-state index is 14.2. The molecule has 0 radical (unpaired) electrons. The van der Waals surface area contributed by atoms with Gasteiger partial charge in [0.1, 0.15) is 18.5 Å². The number of carbonyl (C=O) groups is 3. The molecule has 1 fully saturated rings. The predicted molar refractivity (Wildman–Crippen MR) is 124 cm³/mol. The van der Waals surface area contributed by atoms with Crippen LogP contribution in [0.4, 0.5) is 13.6 Å². The van der Waals surface area contributed by atoms with E-state index in [1.165, 1.54) is 24.0 Å². The minimum atomic E-state index is -1.35. The zero-order valence-corrected chi connectivity index (χ0v) is 19.8. The number of benzene rings is 2. The van der Waals surface area contributed by atoms with Crippen LogP contribution >= 0.6 is 15.9 Å². The van der Waals surface area contributed by atoms with Gasteiger partial charge in [-0.3, -0.25) is 9.59 Å². The van der Waals surface area contributed by atoms with Gasteiger partial charge in [0.25, 0.3) is 0 Å². The third-order valence-electron chi connectivity index (χ3n) is 5.69. The molecular weight excluding hydrogens is 512 g/mol. The number of para-hydroxylation sites is 1. The maximum absolute atomic E-state index is 14.2. The first-order valence-corrected chi connectivity index (χ1v) is 11.4. The number of aromatic nitrogens is 1. The predicted octanol–water partition coefficient (Wildman–Crippen LogP) is 4.57. The lowest BCUT2D eigenvalue weighted by Gasteiger charge is -2.24. The number of carbonyl (C=O) groups excluding carboxylic acids is 3. The monoisotopic (exact) mass is 533 g/mol. The summed E-state index contributed by atoms with van der Waals surface area (Å²) < 4.78 is 35.4. The molecule has 7 nitrogen and oxygen atoms in total. The Morgan fingerprint density at radius 3 is 2.71 bits per heavy atom. The fraction of sp³-hybridized carbons (Fsp3) is 0.292. The first kappa shape index (κ1) is 23.9.